The lowest BCUT2D eigenvalue weighted by atomic mass is 10.3. The summed E-state index contributed by atoms with van der Waals surface area (Å²) in [6.45, 7) is 2.42. The first-order valence-corrected chi connectivity index (χ1v) is 11.1. The normalized spacial score (nSPS) is 11.1. The van der Waals surface area contributed by atoms with Gasteiger partial charge in [0.2, 0.25) is 5.16 Å². The predicted molar refractivity (Wildman–Crippen MR) is 121 cm³/mol. The second kappa shape index (κ2) is 9.40. The summed E-state index contributed by atoms with van der Waals surface area (Å²) >= 11 is 7.45. The molecule has 0 atom stereocenters. The third-order valence-corrected chi connectivity index (χ3v) is 6.00. The Morgan fingerprint density at radius 1 is 1.13 bits per heavy atom. The highest BCUT2D eigenvalue weighted by Gasteiger charge is 2.21. The van der Waals surface area contributed by atoms with Crippen LogP contribution in [0.5, 0.6) is 5.75 Å². The van der Waals surface area contributed by atoms with Crippen LogP contribution in [0.2, 0.25) is 5.02 Å². The zero-order chi connectivity index (χ0) is 21.8. The molecule has 4 rings (SSSR count). The summed E-state index contributed by atoms with van der Waals surface area (Å²) in [7, 11) is 1.84. The molecule has 2 heterocycles. The third-order valence-electron chi connectivity index (χ3n) is 4.76. The van der Waals surface area contributed by atoms with Crippen LogP contribution in [-0.4, -0.2) is 41.9 Å². The summed E-state index contributed by atoms with van der Waals surface area (Å²) in [5, 5.41) is 13.2. The Morgan fingerprint density at radius 2 is 1.94 bits per heavy atom. The zero-order valence-electron chi connectivity index (χ0n) is 17.1. The monoisotopic (exact) mass is 456 g/mol. The molecule has 0 aliphatic heterocycles. The van der Waals surface area contributed by atoms with Gasteiger partial charge < -0.3 is 4.74 Å². The largest absolute Gasteiger partial charge is 0.494 e. The van der Waals surface area contributed by atoms with Crippen LogP contribution in [-0.2, 0) is 7.05 Å². The van der Waals surface area contributed by atoms with E-state index < -0.39 is 0 Å². The van der Waals surface area contributed by atoms with Crippen molar-refractivity contribution in [2.45, 2.75) is 18.5 Å². The van der Waals surface area contributed by atoms with Gasteiger partial charge in [-0.1, -0.05) is 47.6 Å². The molecule has 0 unspecified atom stereocenters. The molecule has 0 saturated heterocycles. The van der Waals surface area contributed by atoms with Crippen molar-refractivity contribution in [3.8, 4) is 17.1 Å². The maximum Gasteiger partial charge on any atom is 0.297 e. The van der Waals surface area contributed by atoms with Crippen LogP contribution in [0.3, 0.4) is 0 Å². The topological polar surface area (TPSA) is 79.8 Å². The van der Waals surface area contributed by atoms with Crippen LogP contribution in [0, 0.1) is 6.92 Å². The lowest BCUT2D eigenvalue weighted by Gasteiger charge is -2.07. The van der Waals surface area contributed by atoms with E-state index in [0.717, 1.165) is 29.3 Å². The predicted octanol–water partition coefficient (Wildman–Crippen LogP) is 3.67. The molecule has 8 nitrogen and oxygen atoms in total. The van der Waals surface area contributed by atoms with E-state index in [0.29, 0.717) is 22.5 Å². The Kier molecular flexibility index (Phi) is 6.43. The number of ether oxygens (including phenoxy) is 1. The van der Waals surface area contributed by atoms with Gasteiger partial charge in [0, 0.05) is 17.8 Å². The van der Waals surface area contributed by atoms with Crippen molar-refractivity contribution < 1.29 is 4.74 Å². The van der Waals surface area contributed by atoms with Gasteiger partial charge in [-0.05, 0) is 54.1 Å². The molecule has 0 fully saturated rings. The smallest absolute Gasteiger partial charge is 0.297 e. The molecule has 160 valence electrons. The van der Waals surface area contributed by atoms with Gasteiger partial charge in [-0.3, -0.25) is 9.48 Å². The maximum absolute atomic E-state index is 13.2. The lowest BCUT2D eigenvalue weighted by molar-refractivity contribution is 0.318. The number of thioether (sulfide) groups is 1. The van der Waals surface area contributed by atoms with Crippen molar-refractivity contribution in [3.05, 3.63) is 75.7 Å². The molecule has 0 radical (unpaired) electrons. The third kappa shape index (κ3) is 4.52. The molecule has 0 aliphatic rings. The second-order valence-corrected chi connectivity index (χ2v) is 8.29. The Labute approximate surface area is 188 Å². The number of benzene rings is 2. The summed E-state index contributed by atoms with van der Waals surface area (Å²) in [5.74, 6) is 1.48. The first kappa shape index (κ1) is 21.2. The van der Waals surface area contributed by atoms with Gasteiger partial charge in [-0.2, -0.15) is 4.68 Å². The van der Waals surface area contributed by atoms with E-state index in [-0.39, 0.29) is 5.56 Å². The summed E-state index contributed by atoms with van der Waals surface area (Å²) in [4.78, 5) is 13.2. The summed E-state index contributed by atoms with van der Waals surface area (Å²) in [5.41, 5.74) is 1.82. The standard InChI is InChI=1S/C21H21ClN6O2S/c1-15-19(20(29)28(26(15)2)17-9-4-3-5-10-17)27-21(23-24-25-27)31-13-7-12-30-18-11-6-8-16(22)14-18/h3-6,8-11,14H,7,12-13H2,1-2H3. The highest BCUT2D eigenvalue weighted by atomic mass is 35.5. The average molecular weight is 457 g/mol. The molecule has 0 aliphatic carbocycles. The number of halogens is 1. The van der Waals surface area contributed by atoms with Gasteiger partial charge in [0.1, 0.15) is 5.75 Å². The number of hydrogen-bond donors (Lipinski definition) is 0. The first-order valence-electron chi connectivity index (χ1n) is 9.70. The number of tetrazole rings is 1. The molecule has 0 amide bonds. The number of rotatable bonds is 8. The van der Waals surface area contributed by atoms with Crippen LogP contribution >= 0.6 is 23.4 Å². The lowest BCUT2D eigenvalue weighted by Crippen LogP contribution is -2.22. The van der Waals surface area contributed by atoms with Gasteiger partial charge >= 0.3 is 0 Å². The highest BCUT2D eigenvalue weighted by molar-refractivity contribution is 7.99. The second-order valence-electron chi connectivity index (χ2n) is 6.79. The van der Waals surface area contributed by atoms with Gasteiger partial charge in [0.05, 0.1) is 18.0 Å². The van der Waals surface area contributed by atoms with Crippen molar-refractivity contribution >= 4 is 23.4 Å². The van der Waals surface area contributed by atoms with Crippen LogP contribution in [0.4, 0.5) is 0 Å². The molecule has 2 aromatic carbocycles. The number of para-hydroxylation sites is 1. The van der Waals surface area contributed by atoms with Gasteiger partial charge in [-0.25, -0.2) is 4.68 Å². The SMILES string of the molecule is Cc1c(-n2nnnc2SCCCOc2cccc(Cl)c2)c(=O)n(-c2ccccc2)n1C. The van der Waals surface area contributed by atoms with Crippen molar-refractivity contribution in [1.82, 2.24) is 29.6 Å². The molecule has 0 bridgehead atoms. The molecular weight excluding hydrogens is 436 g/mol. The molecule has 0 N–H and O–H groups in total. The number of nitrogens with zero attached hydrogens (tertiary/aromatic N) is 6. The molecular formula is C21H21ClN6O2S. The highest BCUT2D eigenvalue weighted by Crippen LogP contribution is 2.21. The van der Waals surface area contributed by atoms with Crippen molar-refractivity contribution in [3.63, 3.8) is 0 Å². The van der Waals surface area contributed by atoms with E-state index >= 15 is 0 Å². The molecule has 31 heavy (non-hydrogen) atoms. The fourth-order valence-electron chi connectivity index (χ4n) is 3.18. The van der Waals surface area contributed by atoms with Crippen molar-refractivity contribution in [2.24, 2.45) is 7.05 Å². The van der Waals surface area contributed by atoms with Crippen molar-refractivity contribution in [2.75, 3.05) is 12.4 Å². The van der Waals surface area contributed by atoms with Gasteiger partial charge in [0.25, 0.3) is 5.56 Å². The molecule has 2 aromatic heterocycles. The Balaban J connectivity index is 1.47. The fourth-order valence-corrected chi connectivity index (χ4v) is 4.15. The van der Waals surface area contributed by atoms with E-state index in [9.17, 15) is 4.79 Å². The zero-order valence-corrected chi connectivity index (χ0v) is 18.7. The molecule has 0 spiro atoms. The quantitative estimate of drug-likeness (QED) is 0.297. The van der Waals surface area contributed by atoms with Gasteiger partial charge in [-0.15, -0.1) is 5.10 Å². The van der Waals surface area contributed by atoms with E-state index in [1.54, 1.807) is 16.8 Å². The number of aromatic nitrogens is 6. The average Bonchev–Trinajstić information content (AvgIpc) is 3.30. The summed E-state index contributed by atoms with van der Waals surface area (Å²) in [6.07, 6.45) is 0.784. The first-order chi connectivity index (χ1) is 15.1. The van der Waals surface area contributed by atoms with E-state index in [1.807, 2.05) is 61.1 Å². The van der Waals surface area contributed by atoms with E-state index in [2.05, 4.69) is 15.5 Å². The minimum absolute atomic E-state index is 0.176. The summed E-state index contributed by atoms with van der Waals surface area (Å²) in [6, 6.07) is 16.8. The van der Waals surface area contributed by atoms with Crippen LogP contribution in [0.1, 0.15) is 12.1 Å². The van der Waals surface area contributed by atoms with Gasteiger partial charge in [0.15, 0.2) is 5.69 Å². The fraction of sp³-hybridized carbons (Fsp3) is 0.238. The molecule has 10 heteroatoms. The van der Waals surface area contributed by atoms with Crippen LogP contribution in [0.15, 0.2) is 64.5 Å². The Hall–Kier alpha value is -3.04. The van der Waals surface area contributed by atoms with E-state index in [1.165, 1.54) is 16.4 Å². The maximum atomic E-state index is 13.2. The summed E-state index contributed by atoms with van der Waals surface area (Å²) < 4.78 is 10.6. The van der Waals surface area contributed by atoms with Crippen LogP contribution < -0.4 is 10.3 Å². The molecule has 0 saturated carbocycles. The minimum Gasteiger partial charge on any atom is -0.494 e. The number of hydrogen-bond acceptors (Lipinski definition) is 6. The Bertz CT molecular complexity index is 1230. The van der Waals surface area contributed by atoms with Crippen LogP contribution in [0.25, 0.3) is 11.4 Å². The van der Waals surface area contributed by atoms with E-state index in [4.69, 9.17) is 16.3 Å². The molecule has 4 aromatic rings. The van der Waals surface area contributed by atoms with Crippen molar-refractivity contribution in [1.29, 1.82) is 0 Å². The Morgan fingerprint density at radius 3 is 2.71 bits per heavy atom. The minimum atomic E-state index is -0.176.